The van der Waals surface area contributed by atoms with Crippen molar-refractivity contribution >= 4 is 22.7 Å². The summed E-state index contributed by atoms with van der Waals surface area (Å²) in [6, 6.07) is 15.2. The Labute approximate surface area is 174 Å². The maximum atomic E-state index is 11.2. The fraction of sp³-hybridized carbons (Fsp3) is 0.217. The number of ether oxygens (including phenoxy) is 2. The lowest BCUT2D eigenvalue weighted by molar-refractivity contribution is -0.385. The Bertz CT molecular complexity index is 1130. The van der Waals surface area contributed by atoms with Crippen molar-refractivity contribution in [3.05, 3.63) is 69.8 Å². The summed E-state index contributed by atoms with van der Waals surface area (Å²) in [4.78, 5) is 10.7. The van der Waals surface area contributed by atoms with Crippen LogP contribution in [0.2, 0.25) is 0 Å². The summed E-state index contributed by atoms with van der Waals surface area (Å²) in [5.41, 5.74) is 6.96. The molecule has 1 aliphatic rings. The van der Waals surface area contributed by atoms with E-state index in [0.717, 1.165) is 51.5 Å². The first-order valence-corrected chi connectivity index (χ1v) is 9.71. The first kappa shape index (κ1) is 19.6. The molecule has 0 unspecified atom stereocenters. The van der Waals surface area contributed by atoms with Crippen molar-refractivity contribution in [3.8, 4) is 22.6 Å². The highest BCUT2D eigenvalue weighted by atomic mass is 16.6. The smallest absolute Gasteiger partial charge is 0.310 e. The summed E-state index contributed by atoms with van der Waals surface area (Å²) >= 11 is 0. The van der Waals surface area contributed by atoms with Gasteiger partial charge in [-0.1, -0.05) is 19.1 Å². The first-order chi connectivity index (χ1) is 14.5. The largest absolute Gasteiger partial charge is 0.496 e. The van der Waals surface area contributed by atoms with Crippen LogP contribution in [0.1, 0.15) is 18.1 Å². The molecule has 154 valence electrons. The molecule has 0 bridgehead atoms. The second kappa shape index (κ2) is 7.94. The molecule has 0 amide bonds. The number of anilines is 3. The summed E-state index contributed by atoms with van der Waals surface area (Å²) in [7, 11) is 3.12. The average Bonchev–Trinajstić information content (AvgIpc) is 2.95. The third-order valence-electron chi connectivity index (χ3n) is 5.36. The van der Waals surface area contributed by atoms with Crippen LogP contribution in [0.15, 0.2) is 48.5 Å². The average molecular weight is 405 g/mol. The number of nitrogens with one attached hydrogen (secondary N) is 2. The van der Waals surface area contributed by atoms with Gasteiger partial charge < -0.3 is 20.1 Å². The summed E-state index contributed by atoms with van der Waals surface area (Å²) in [5.74, 6) is 1.09. The molecule has 0 saturated carbocycles. The van der Waals surface area contributed by atoms with Crippen molar-refractivity contribution < 1.29 is 14.4 Å². The van der Waals surface area contributed by atoms with E-state index in [9.17, 15) is 10.1 Å². The minimum absolute atomic E-state index is 0.0499. The molecule has 7 heteroatoms. The van der Waals surface area contributed by atoms with E-state index < -0.39 is 4.92 Å². The van der Waals surface area contributed by atoms with Gasteiger partial charge in [0.05, 0.1) is 30.5 Å². The van der Waals surface area contributed by atoms with Gasteiger partial charge in [-0.3, -0.25) is 10.1 Å². The van der Waals surface area contributed by atoms with E-state index in [4.69, 9.17) is 9.47 Å². The first-order valence-electron chi connectivity index (χ1n) is 9.71. The summed E-state index contributed by atoms with van der Waals surface area (Å²) < 4.78 is 10.8. The third-order valence-corrected chi connectivity index (χ3v) is 5.36. The highest BCUT2D eigenvalue weighted by Crippen LogP contribution is 2.39. The van der Waals surface area contributed by atoms with Crippen LogP contribution in [0.4, 0.5) is 22.7 Å². The molecule has 0 radical (unpaired) electrons. The molecule has 3 aromatic carbocycles. The van der Waals surface area contributed by atoms with Gasteiger partial charge in [0, 0.05) is 24.4 Å². The van der Waals surface area contributed by atoms with Crippen molar-refractivity contribution in [2.75, 3.05) is 24.9 Å². The van der Waals surface area contributed by atoms with Gasteiger partial charge in [-0.2, -0.15) is 0 Å². The number of nitro benzene ring substituents is 1. The zero-order valence-corrected chi connectivity index (χ0v) is 17.1. The SMILES string of the molecule is CCc1cc2c(cc1OC)Nc1cc(-c3ccc([N+](=O)[O-])c(OC)c3)ccc1CN2. The Morgan fingerprint density at radius 1 is 0.933 bits per heavy atom. The molecule has 0 aromatic heterocycles. The zero-order chi connectivity index (χ0) is 21.3. The van der Waals surface area contributed by atoms with Gasteiger partial charge in [0.2, 0.25) is 0 Å². The van der Waals surface area contributed by atoms with E-state index in [1.54, 1.807) is 19.2 Å². The van der Waals surface area contributed by atoms with Gasteiger partial charge in [-0.25, -0.2) is 0 Å². The van der Waals surface area contributed by atoms with Crippen LogP contribution in [0.3, 0.4) is 0 Å². The normalized spacial score (nSPS) is 12.0. The lowest BCUT2D eigenvalue weighted by atomic mass is 10.0. The lowest BCUT2D eigenvalue weighted by Gasteiger charge is -2.15. The molecule has 30 heavy (non-hydrogen) atoms. The van der Waals surface area contributed by atoms with E-state index in [-0.39, 0.29) is 11.4 Å². The molecule has 7 nitrogen and oxygen atoms in total. The number of nitrogens with zero attached hydrogens (tertiary/aromatic N) is 1. The molecule has 0 aliphatic carbocycles. The summed E-state index contributed by atoms with van der Waals surface area (Å²) in [5, 5.41) is 18.2. The maximum Gasteiger partial charge on any atom is 0.310 e. The van der Waals surface area contributed by atoms with Gasteiger partial charge in [0.1, 0.15) is 5.75 Å². The standard InChI is InChI=1S/C23H23N3O4/c1-4-14-9-19-20(12-22(14)29-2)25-18-10-15(5-6-17(18)13-24-19)16-7-8-21(26(27)28)23(11-16)30-3/h5-12,24-25H,4,13H2,1-3H3. The van der Waals surface area contributed by atoms with E-state index in [1.165, 1.54) is 13.2 Å². The van der Waals surface area contributed by atoms with Crippen LogP contribution in [0, 0.1) is 10.1 Å². The van der Waals surface area contributed by atoms with Crippen LogP contribution >= 0.6 is 0 Å². The molecule has 0 saturated heterocycles. The van der Waals surface area contributed by atoms with E-state index in [2.05, 4.69) is 29.7 Å². The number of rotatable bonds is 5. The van der Waals surface area contributed by atoms with Gasteiger partial charge in [0.15, 0.2) is 5.75 Å². The molecule has 0 atom stereocenters. The molecule has 0 fully saturated rings. The zero-order valence-electron chi connectivity index (χ0n) is 17.1. The lowest BCUT2D eigenvalue weighted by Crippen LogP contribution is -1.99. The minimum Gasteiger partial charge on any atom is -0.496 e. The number of benzene rings is 3. The molecule has 1 aliphatic heterocycles. The Kier molecular flexibility index (Phi) is 5.18. The van der Waals surface area contributed by atoms with E-state index in [1.807, 2.05) is 18.2 Å². The fourth-order valence-corrected chi connectivity index (χ4v) is 3.71. The van der Waals surface area contributed by atoms with Crippen molar-refractivity contribution in [2.24, 2.45) is 0 Å². The summed E-state index contributed by atoms with van der Waals surface area (Å²) in [6.07, 6.45) is 0.886. The van der Waals surface area contributed by atoms with Crippen molar-refractivity contribution in [1.82, 2.24) is 0 Å². The molecular weight excluding hydrogens is 382 g/mol. The van der Waals surface area contributed by atoms with Crippen molar-refractivity contribution in [3.63, 3.8) is 0 Å². The van der Waals surface area contributed by atoms with Gasteiger partial charge in [0.25, 0.3) is 0 Å². The quantitative estimate of drug-likeness (QED) is 0.430. The van der Waals surface area contributed by atoms with Gasteiger partial charge in [-0.15, -0.1) is 0 Å². The topological polar surface area (TPSA) is 85.7 Å². The van der Waals surface area contributed by atoms with E-state index in [0.29, 0.717) is 6.54 Å². The molecule has 1 heterocycles. The third kappa shape index (κ3) is 3.50. The summed E-state index contributed by atoms with van der Waals surface area (Å²) in [6.45, 7) is 2.79. The van der Waals surface area contributed by atoms with Gasteiger partial charge >= 0.3 is 5.69 Å². The van der Waals surface area contributed by atoms with Crippen LogP contribution in [-0.2, 0) is 13.0 Å². The highest BCUT2D eigenvalue weighted by molar-refractivity contribution is 5.83. The molecule has 2 N–H and O–H groups in total. The number of nitro groups is 1. The minimum atomic E-state index is -0.443. The van der Waals surface area contributed by atoms with Crippen molar-refractivity contribution in [1.29, 1.82) is 0 Å². The number of hydrogen-bond donors (Lipinski definition) is 2. The van der Waals surface area contributed by atoms with Crippen LogP contribution in [0.25, 0.3) is 11.1 Å². The maximum absolute atomic E-state index is 11.2. The molecule has 0 spiro atoms. The van der Waals surface area contributed by atoms with Gasteiger partial charge in [-0.05, 0) is 52.9 Å². The monoisotopic (exact) mass is 405 g/mol. The predicted molar refractivity (Wildman–Crippen MR) is 118 cm³/mol. The Morgan fingerprint density at radius 3 is 2.37 bits per heavy atom. The highest BCUT2D eigenvalue weighted by Gasteiger charge is 2.18. The molecular formula is C23H23N3O4. The second-order valence-electron chi connectivity index (χ2n) is 7.06. The molecule has 3 aromatic rings. The van der Waals surface area contributed by atoms with Crippen LogP contribution in [-0.4, -0.2) is 19.1 Å². The Morgan fingerprint density at radius 2 is 1.67 bits per heavy atom. The predicted octanol–water partition coefficient (Wildman–Crippen LogP) is 5.51. The fourth-order valence-electron chi connectivity index (χ4n) is 3.71. The Balaban J connectivity index is 1.73. The number of fused-ring (bicyclic) bond motifs is 2. The Hall–Kier alpha value is -3.74. The second-order valence-corrected chi connectivity index (χ2v) is 7.06. The van der Waals surface area contributed by atoms with E-state index >= 15 is 0 Å². The molecule has 4 rings (SSSR count). The number of aryl methyl sites for hydroxylation is 1. The van der Waals surface area contributed by atoms with Crippen molar-refractivity contribution in [2.45, 2.75) is 19.9 Å². The number of methoxy groups -OCH3 is 2. The number of hydrogen-bond acceptors (Lipinski definition) is 6. The van der Waals surface area contributed by atoms with Crippen LogP contribution < -0.4 is 20.1 Å². The van der Waals surface area contributed by atoms with Crippen LogP contribution in [0.5, 0.6) is 11.5 Å².